The minimum absolute atomic E-state index is 0.0649. The number of amides is 1. The lowest BCUT2D eigenvalue weighted by atomic mass is 10.0. The van der Waals surface area contributed by atoms with Gasteiger partial charge in [-0.25, -0.2) is 0 Å². The van der Waals surface area contributed by atoms with Crippen molar-refractivity contribution in [2.24, 2.45) is 0 Å². The highest BCUT2D eigenvalue weighted by molar-refractivity contribution is 5.76. The van der Waals surface area contributed by atoms with Crippen molar-refractivity contribution in [3.63, 3.8) is 0 Å². The van der Waals surface area contributed by atoms with Crippen molar-refractivity contribution in [1.29, 1.82) is 0 Å². The van der Waals surface area contributed by atoms with Gasteiger partial charge in [-0.05, 0) is 19.3 Å². The fraction of sp³-hybridized carbons (Fsp3) is 0.912. The third kappa shape index (κ3) is 26.7. The lowest BCUT2D eigenvalue weighted by molar-refractivity contribution is -0.123. The van der Waals surface area contributed by atoms with Crippen molar-refractivity contribution in [1.82, 2.24) is 5.32 Å². The van der Waals surface area contributed by atoms with Crippen molar-refractivity contribution in [2.45, 2.75) is 193 Å². The van der Waals surface area contributed by atoms with Gasteiger partial charge in [0.2, 0.25) is 5.91 Å². The maximum Gasteiger partial charge on any atom is 0.220 e. The van der Waals surface area contributed by atoms with Gasteiger partial charge < -0.3 is 15.5 Å². The van der Waals surface area contributed by atoms with E-state index >= 15 is 0 Å². The Morgan fingerprint density at radius 1 is 0.605 bits per heavy atom. The number of carbonyl (C=O) groups is 1. The second kappa shape index (κ2) is 30.7. The third-order valence-electron chi connectivity index (χ3n) is 7.77. The van der Waals surface area contributed by atoms with Crippen LogP contribution in [0.2, 0.25) is 0 Å². The van der Waals surface area contributed by atoms with E-state index < -0.39 is 12.1 Å². The minimum atomic E-state index is -0.830. The van der Waals surface area contributed by atoms with E-state index in [4.69, 9.17) is 0 Å². The van der Waals surface area contributed by atoms with E-state index in [9.17, 15) is 15.0 Å². The molecule has 4 heteroatoms. The fourth-order valence-corrected chi connectivity index (χ4v) is 5.12. The Morgan fingerprint density at radius 3 is 1.37 bits per heavy atom. The molecule has 0 aromatic heterocycles. The van der Waals surface area contributed by atoms with Gasteiger partial charge in [-0.1, -0.05) is 167 Å². The van der Waals surface area contributed by atoms with Crippen LogP contribution >= 0.6 is 0 Å². The van der Waals surface area contributed by atoms with Crippen LogP contribution in [-0.4, -0.2) is 34.9 Å². The zero-order valence-corrected chi connectivity index (χ0v) is 25.7. The first kappa shape index (κ1) is 37.1. The molecule has 2 atom stereocenters. The molecule has 4 nitrogen and oxygen atoms in total. The number of aliphatic hydroxyl groups is 2. The zero-order valence-electron chi connectivity index (χ0n) is 25.7. The zero-order chi connectivity index (χ0) is 27.9. The van der Waals surface area contributed by atoms with Gasteiger partial charge in [-0.15, -0.1) is 0 Å². The molecule has 0 rings (SSSR count). The van der Waals surface area contributed by atoms with Gasteiger partial charge in [0.05, 0.1) is 18.8 Å². The number of unbranched alkanes of at least 4 members (excludes halogenated alkanes) is 23. The first-order valence-electron chi connectivity index (χ1n) is 16.9. The Kier molecular flexibility index (Phi) is 30.0. The van der Waals surface area contributed by atoms with E-state index in [0.29, 0.717) is 6.42 Å². The molecule has 0 aromatic carbocycles. The SMILES string of the molecule is CCCCCCCCCCCCC/C=C/[C@H](O)[C@@H](CO)NC(=O)CCCCCCCCCCCCCCC. The van der Waals surface area contributed by atoms with Crippen LogP contribution in [-0.2, 0) is 4.79 Å². The van der Waals surface area contributed by atoms with Crippen molar-refractivity contribution < 1.29 is 15.0 Å². The largest absolute Gasteiger partial charge is 0.394 e. The Bertz CT molecular complexity index is 508. The van der Waals surface area contributed by atoms with Gasteiger partial charge in [0.15, 0.2) is 0 Å². The summed E-state index contributed by atoms with van der Waals surface area (Å²) in [5, 5.41) is 22.8. The molecule has 0 saturated heterocycles. The van der Waals surface area contributed by atoms with Gasteiger partial charge in [0.1, 0.15) is 0 Å². The van der Waals surface area contributed by atoms with E-state index in [1.54, 1.807) is 6.08 Å². The van der Waals surface area contributed by atoms with Crippen molar-refractivity contribution in [3.8, 4) is 0 Å². The van der Waals surface area contributed by atoms with Crippen LogP contribution in [0, 0.1) is 0 Å². The normalized spacial score (nSPS) is 13.3. The van der Waals surface area contributed by atoms with Crippen LogP contribution in [0.5, 0.6) is 0 Å². The summed E-state index contributed by atoms with van der Waals surface area (Å²) < 4.78 is 0. The van der Waals surface area contributed by atoms with Gasteiger partial charge in [-0.2, -0.15) is 0 Å². The minimum Gasteiger partial charge on any atom is -0.394 e. The number of hydrogen-bond donors (Lipinski definition) is 3. The summed E-state index contributed by atoms with van der Waals surface area (Å²) in [5.41, 5.74) is 0. The number of carbonyl (C=O) groups excluding carboxylic acids is 1. The molecule has 0 aliphatic carbocycles. The second-order valence-electron chi connectivity index (χ2n) is 11.6. The Morgan fingerprint density at radius 2 is 0.974 bits per heavy atom. The molecule has 0 heterocycles. The average Bonchev–Trinajstić information content (AvgIpc) is 2.92. The van der Waals surface area contributed by atoms with E-state index in [-0.39, 0.29) is 12.5 Å². The molecule has 38 heavy (non-hydrogen) atoms. The lowest BCUT2D eigenvalue weighted by Gasteiger charge is -2.20. The van der Waals surface area contributed by atoms with Crippen LogP contribution in [0.15, 0.2) is 12.2 Å². The van der Waals surface area contributed by atoms with Crippen LogP contribution in [0.3, 0.4) is 0 Å². The standard InChI is InChI=1S/C34H67NO3/c1-3-5-7-9-11-13-15-17-19-21-23-25-27-29-33(37)32(31-36)35-34(38)30-28-26-24-22-20-18-16-14-12-10-8-6-4-2/h27,29,32-33,36-37H,3-26,28,30-31H2,1-2H3,(H,35,38)/b29-27+/t32-,33+/m1/s1. The number of hydrogen-bond acceptors (Lipinski definition) is 3. The molecule has 0 aromatic rings. The van der Waals surface area contributed by atoms with Gasteiger partial charge in [0, 0.05) is 6.42 Å². The molecule has 0 aliphatic heterocycles. The first-order valence-corrected chi connectivity index (χ1v) is 16.9. The summed E-state index contributed by atoms with van der Waals surface area (Å²) in [5.74, 6) is -0.0649. The highest BCUT2D eigenvalue weighted by atomic mass is 16.3. The molecule has 0 spiro atoms. The highest BCUT2D eigenvalue weighted by Crippen LogP contribution is 2.14. The number of nitrogens with one attached hydrogen (secondary N) is 1. The Labute approximate surface area is 237 Å². The van der Waals surface area contributed by atoms with Crippen LogP contribution < -0.4 is 5.32 Å². The maximum atomic E-state index is 12.2. The lowest BCUT2D eigenvalue weighted by Crippen LogP contribution is -2.45. The molecular weight excluding hydrogens is 470 g/mol. The summed E-state index contributed by atoms with van der Waals surface area (Å²) in [6.07, 6.45) is 35.7. The average molecular weight is 538 g/mol. The molecular formula is C34H67NO3. The van der Waals surface area contributed by atoms with Crippen LogP contribution in [0.25, 0.3) is 0 Å². The fourth-order valence-electron chi connectivity index (χ4n) is 5.12. The molecule has 1 amide bonds. The van der Waals surface area contributed by atoms with Crippen LogP contribution in [0.1, 0.15) is 181 Å². The maximum absolute atomic E-state index is 12.2. The molecule has 3 N–H and O–H groups in total. The predicted molar refractivity (Wildman–Crippen MR) is 166 cm³/mol. The molecule has 0 fully saturated rings. The Hall–Kier alpha value is -0.870. The summed E-state index contributed by atoms with van der Waals surface area (Å²) >= 11 is 0. The summed E-state index contributed by atoms with van der Waals surface area (Å²) in [6.45, 7) is 4.29. The molecule has 0 radical (unpaired) electrons. The highest BCUT2D eigenvalue weighted by Gasteiger charge is 2.17. The van der Waals surface area contributed by atoms with Crippen molar-refractivity contribution in [3.05, 3.63) is 12.2 Å². The Balaban J connectivity index is 3.63. The molecule has 226 valence electrons. The monoisotopic (exact) mass is 538 g/mol. The number of rotatable bonds is 30. The number of allylic oxidation sites excluding steroid dienone is 1. The van der Waals surface area contributed by atoms with E-state index in [1.807, 2.05) is 6.08 Å². The van der Waals surface area contributed by atoms with Crippen molar-refractivity contribution >= 4 is 5.91 Å². The quantitative estimate of drug-likeness (QED) is 0.0631. The van der Waals surface area contributed by atoms with Crippen LogP contribution in [0.4, 0.5) is 0 Å². The summed E-state index contributed by atoms with van der Waals surface area (Å²) in [4.78, 5) is 12.2. The summed E-state index contributed by atoms with van der Waals surface area (Å²) in [6, 6.07) is -0.613. The molecule has 0 unspecified atom stereocenters. The van der Waals surface area contributed by atoms with E-state index in [1.165, 1.54) is 135 Å². The second-order valence-corrected chi connectivity index (χ2v) is 11.6. The van der Waals surface area contributed by atoms with Gasteiger partial charge >= 0.3 is 0 Å². The van der Waals surface area contributed by atoms with Gasteiger partial charge in [0.25, 0.3) is 0 Å². The number of aliphatic hydroxyl groups excluding tert-OH is 2. The topological polar surface area (TPSA) is 69.6 Å². The van der Waals surface area contributed by atoms with Gasteiger partial charge in [-0.3, -0.25) is 4.79 Å². The smallest absolute Gasteiger partial charge is 0.220 e. The summed E-state index contributed by atoms with van der Waals surface area (Å²) in [7, 11) is 0. The third-order valence-corrected chi connectivity index (χ3v) is 7.77. The predicted octanol–water partition coefficient (Wildman–Crippen LogP) is 9.56. The van der Waals surface area contributed by atoms with E-state index in [0.717, 1.165) is 25.7 Å². The first-order chi connectivity index (χ1) is 18.7. The van der Waals surface area contributed by atoms with E-state index in [2.05, 4.69) is 19.2 Å². The molecule has 0 saturated carbocycles. The van der Waals surface area contributed by atoms with Crippen molar-refractivity contribution in [2.75, 3.05) is 6.61 Å². The molecule has 0 aliphatic rings. The molecule has 0 bridgehead atoms.